The zero-order chi connectivity index (χ0) is 22.2. The molecule has 0 radical (unpaired) electrons. The highest BCUT2D eigenvalue weighted by Crippen LogP contribution is 2.15. The van der Waals surface area contributed by atoms with Crippen molar-refractivity contribution in [3.05, 3.63) is 101 Å². The number of carbonyl (C=O) groups excluding carboxylic acids is 1. The monoisotopic (exact) mass is 431 g/mol. The van der Waals surface area contributed by atoms with E-state index in [1.54, 1.807) is 4.90 Å². The van der Waals surface area contributed by atoms with Gasteiger partial charge in [0.15, 0.2) is 6.04 Å². The third-order valence-electron chi connectivity index (χ3n) is 6.09. The number of carbonyl (C=O) groups is 1. The van der Waals surface area contributed by atoms with Gasteiger partial charge in [-0.25, -0.2) is 0 Å². The van der Waals surface area contributed by atoms with Crippen molar-refractivity contribution in [2.75, 3.05) is 31.6 Å². The molecule has 1 aliphatic rings. The predicted octanol–water partition coefficient (Wildman–Crippen LogP) is 1.85. The van der Waals surface area contributed by atoms with Crippen LogP contribution in [-0.2, 0) is 22.6 Å². The quantitative estimate of drug-likeness (QED) is 0.510. The van der Waals surface area contributed by atoms with Crippen LogP contribution < -0.4 is 15.5 Å². The molecule has 5 heteroatoms. The third-order valence-corrected chi connectivity index (χ3v) is 6.09. The number of benzene rings is 3. The molecule has 1 fully saturated rings. The van der Waals surface area contributed by atoms with E-state index in [9.17, 15) is 4.79 Å². The fourth-order valence-electron chi connectivity index (χ4n) is 4.19. The fraction of sp³-hybridized carbons (Fsp3) is 0.296. The summed E-state index contributed by atoms with van der Waals surface area (Å²) in [5.41, 5.74) is 5.65. The van der Waals surface area contributed by atoms with E-state index in [1.807, 2.05) is 61.5 Å². The number of anilines is 1. The average Bonchev–Trinajstić information content (AvgIpc) is 2.83. The number of morpholine rings is 1. The molecule has 32 heavy (non-hydrogen) atoms. The maximum absolute atomic E-state index is 13.3. The molecule has 166 valence electrons. The Morgan fingerprint density at radius 2 is 1.59 bits per heavy atom. The molecular weight excluding hydrogens is 398 g/mol. The first-order valence-corrected chi connectivity index (χ1v) is 11.4. The lowest BCUT2D eigenvalue weighted by Gasteiger charge is -2.24. The maximum atomic E-state index is 13.3. The summed E-state index contributed by atoms with van der Waals surface area (Å²) in [6, 6.07) is 26.2. The Balaban J connectivity index is 1.48. The number of quaternary nitrogens is 2. The summed E-state index contributed by atoms with van der Waals surface area (Å²) in [6.45, 7) is 7.55. The molecule has 4 rings (SSSR count). The van der Waals surface area contributed by atoms with Crippen molar-refractivity contribution in [2.45, 2.75) is 26.1 Å². The Labute approximate surface area is 190 Å². The van der Waals surface area contributed by atoms with Gasteiger partial charge in [0.25, 0.3) is 5.91 Å². The van der Waals surface area contributed by atoms with Crippen molar-refractivity contribution in [1.29, 1.82) is 0 Å². The van der Waals surface area contributed by atoms with Crippen molar-refractivity contribution >= 4 is 11.6 Å². The lowest BCUT2D eigenvalue weighted by atomic mass is 10.0. The fourth-order valence-corrected chi connectivity index (χ4v) is 4.19. The van der Waals surface area contributed by atoms with Crippen LogP contribution in [0.2, 0.25) is 0 Å². The van der Waals surface area contributed by atoms with Gasteiger partial charge < -0.3 is 20.3 Å². The summed E-state index contributed by atoms with van der Waals surface area (Å²) < 4.78 is 5.51. The zero-order valence-electron chi connectivity index (χ0n) is 18.7. The van der Waals surface area contributed by atoms with E-state index in [1.165, 1.54) is 16.7 Å². The molecule has 0 saturated carbocycles. The molecule has 5 nitrogen and oxygen atoms in total. The second-order valence-electron chi connectivity index (χ2n) is 8.49. The Hall–Kier alpha value is -2.99. The van der Waals surface area contributed by atoms with Crippen molar-refractivity contribution in [1.82, 2.24) is 0 Å². The minimum absolute atomic E-state index is 0.00339. The third kappa shape index (κ3) is 6.04. The molecule has 3 aromatic carbocycles. The van der Waals surface area contributed by atoms with Crippen LogP contribution in [0.4, 0.5) is 5.69 Å². The molecule has 1 aliphatic heterocycles. The van der Waals surface area contributed by atoms with Crippen LogP contribution in [0.3, 0.4) is 0 Å². The van der Waals surface area contributed by atoms with Gasteiger partial charge >= 0.3 is 0 Å². The molecule has 0 bridgehead atoms. The van der Waals surface area contributed by atoms with E-state index >= 15 is 0 Å². The Morgan fingerprint density at radius 3 is 2.31 bits per heavy atom. The molecule has 1 amide bonds. The van der Waals surface area contributed by atoms with Gasteiger partial charge in [-0.3, -0.25) is 4.79 Å². The van der Waals surface area contributed by atoms with E-state index in [0.717, 1.165) is 50.6 Å². The van der Waals surface area contributed by atoms with Crippen molar-refractivity contribution < 1.29 is 19.7 Å². The summed E-state index contributed by atoms with van der Waals surface area (Å²) in [4.78, 5) is 14.8. The molecule has 4 N–H and O–H groups in total. The van der Waals surface area contributed by atoms with Gasteiger partial charge in [-0.15, -0.1) is 0 Å². The minimum Gasteiger partial charge on any atom is -0.370 e. The van der Waals surface area contributed by atoms with Crippen molar-refractivity contribution in [3.8, 4) is 0 Å². The van der Waals surface area contributed by atoms with Crippen LogP contribution in [0.5, 0.6) is 0 Å². The number of hydrogen-bond donors (Lipinski definition) is 3. The standard InChI is InChI=1S/C27H31N3O2/c1-21-11-13-25(14-12-21)29-27(31)26(22-7-3-2-4-8-22)28-19-23-9-5-6-10-24(23)20-30-15-17-32-18-16-30/h2-14,26,28H,15-20H2,1H3,(H,29,31)/p+2/t26-/m0/s1. The highest BCUT2D eigenvalue weighted by molar-refractivity contribution is 5.94. The highest BCUT2D eigenvalue weighted by Gasteiger charge is 2.25. The van der Waals surface area contributed by atoms with E-state index < -0.39 is 0 Å². The van der Waals surface area contributed by atoms with Gasteiger partial charge in [0, 0.05) is 22.4 Å². The van der Waals surface area contributed by atoms with Gasteiger partial charge in [0.05, 0.1) is 13.2 Å². The number of aryl methyl sites for hydroxylation is 1. The van der Waals surface area contributed by atoms with Gasteiger partial charge in [-0.2, -0.15) is 0 Å². The Morgan fingerprint density at radius 1 is 0.938 bits per heavy atom. The van der Waals surface area contributed by atoms with Crippen LogP contribution in [0, 0.1) is 6.92 Å². The van der Waals surface area contributed by atoms with Crippen LogP contribution in [0.1, 0.15) is 28.3 Å². The average molecular weight is 432 g/mol. The summed E-state index contributed by atoms with van der Waals surface area (Å²) in [5, 5.41) is 5.24. The predicted molar refractivity (Wildman–Crippen MR) is 126 cm³/mol. The topological polar surface area (TPSA) is 59.4 Å². The van der Waals surface area contributed by atoms with Crippen LogP contribution in [0.15, 0.2) is 78.9 Å². The van der Waals surface area contributed by atoms with E-state index in [4.69, 9.17) is 4.74 Å². The molecule has 1 heterocycles. The number of nitrogens with two attached hydrogens (primary N) is 1. The lowest BCUT2D eigenvalue weighted by molar-refractivity contribution is -0.921. The largest absolute Gasteiger partial charge is 0.370 e. The number of ether oxygens (including phenoxy) is 1. The van der Waals surface area contributed by atoms with E-state index in [2.05, 4.69) is 34.9 Å². The Kier molecular flexibility index (Phi) is 7.67. The SMILES string of the molecule is Cc1ccc(NC(=O)[C@@H]([NH2+]Cc2ccccc2C[NH+]2CCOCC2)c2ccccc2)cc1. The van der Waals surface area contributed by atoms with E-state index in [0.29, 0.717) is 0 Å². The Bertz CT molecular complexity index is 999. The molecule has 0 aliphatic carbocycles. The molecule has 3 aromatic rings. The first-order valence-electron chi connectivity index (χ1n) is 11.4. The van der Waals surface area contributed by atoms with Gasteiger partial charge in [-0.05, 0) is 19.1 Å². The molecule has 0 spiro atoms. The summed E-state index contributed by atoms with van der Waals surface area (Å²) in [5.74, 6) is -0.00339. The summed E-state index contributed by atoms with van der Waals surface area (Å²) >= 11 is 0. The van der Waals surface area contributed by atoms with Crippen molar-refractivity contribution in [2.24, 2.45) is 0 Å². The number of amides is 1. The molecular formula is C27H33N3O2+2. The number of rotatable bonds is 8. The normalized spacial score (nSPS) is 15.3. The summed E-state index contributed by atoms with van der Waals surface area (Å²) in [6.07, 6.45) is 0. The number of hydrogen-bond acceptors (Lipinski definition) is 2. The minimum atomic E-state index is -0.318. The number of nitrogens with one attached hydrogen (secondary N) is 2. The van der Waals surface area contributed by atoms with E-state index in [-0.39, 0.29) is 11.9 Å². The molecule has 1 atom stereocenters. The van der Waals surface area contributed by atoms with Gasteiger partial charge in [-0.1, -0.05) is 72.3 Å². The maximum Gasteiger partial charge on any atom is 0.287 e. The molecule has 1 saturated heterocycles. The van der Waals surface area contributed by atoms with Gasteiger partial charge in [0.2, 0.25) is 0 Å². The van der Waals surface area contributed by atoms with Crippen LogP contribution in [-0.4, -0.2) is 32.2 Å². The first kappa shape index (κ1) is 22.2. The van der Waals surface area contributed by atoms with Crippen molar-refractivity contribution in [3.63, 3.8) is 0 Å². The second-order valence-corrected chi connectivity index (χ2v) is 8.49. The smallest absolute Gasteiger partial charge is 0.287 e. The van der Waals surface area contributed by atoms with Gasteiger partial charge in [0.1, 0.15) is 26.2 Å². The zero-order valence-corrected chi connectivity index (χ0v) is 18.7. The first-order chi connectivity index (χ1) is 15.7. The van der Waals surface area contributed by atoms with Crippen LogP contribution >= 0.6 is 0 Å². The lowest BCUT2D eigenvalue weighted by Crippen LogP contribution is -3.12. The second kappa shape index (κ2) is 11.0. The summed E-state index contributed by atoms with van der Waals surface area (Å²) in [7, 11) is 0. The highest BCUT2D eigenvalue weighted by atomic mass is 16.5. The molecule has 0 aromatic heterocycles. The van der Waals surface area contributed by atoms with Crippen LogP contribution in [0.25, 0.3) is 0 Å². The molecule has 0 unspecified atom stereocenters.